The van der Waals surface area contributed by atoms with Gasteiger partial charge in [0.25, 0.3) is 0 Å². The maximum Gasteiger partial charge on any atom is 0.337 e. The lowest BCUT2D eigenvalue weighted by Crippen LogP contribution is -2.60. The third-order valence-electron chi connectivity index (χ3n) is 7.77. The van der Waals surface area contributed by atoms with Crippen LogP contribution in [0, 0.1) is 5.92 Å². The zero-order chi connectivity index (χ0) is 35.0. The van der Waals surface area contributed by atoms with Crippen LogP contribution >= 0.6 is 0 Å². The summed E-state index contributed by atoms with van der Waals surface area (Å²) in [5.41, 5.74) is 0.956. The smallest absolute Gasteiger partial charge is 0.337 e. The summed E-state index contributed by atoms with van der Waals surface area (Å²) in [6.45, 7) is -1.66. The van der Waals surface area contributed by atoms with Crippen molar-refractivity contribution in [3.05, 3.63) is 71.0 Å². The third kappa shape index (κ3) is 8.93. The van der Waals surface area contributed by atoms with Crippen LogP contribution in [0.1, 0.15) is 17.5 Å². The minimum atomic E-state index is -1.81. The molecule has 1 saturated heterocycles. The van der Waals surface area contributed by atoms with Crippen LogP contribution < -0.4 is 0 Å². The van der Waals surface area contributed by atoms with Gasteiger partial charge < -0.3 is 69.6 Å². The van der Waals surface area contributed by atoms with E-state index in [1.54, 1.807) is 0 Å². The first-order chi connectivity index (χ1) is 22.9. The van der Waals surface area contributed by atoms with Gasteiger partial charge in [-0.3, -0.25) is 4.79 Å². The van der Waals surface area contributed by atoms with E-state index in [0.717, 1.165) is 6.26 Å². The average Bonchev–Trinajstić information content (AvgIpc) is 3.06. The lowest BCUT2D eigenvalue weighted by molar-refractivity contribution is -0.327. The van der Waals surface area contributed by atoms with E-state index in [4.69, 9.17) is 23.7 Å². The molecule has 7 unspecified atom stereocenters. The Balaban J connectivity index is 1.51. The van der Waals surface area contributed by atoms with E-state index in [1.807, 2.05) is 0 Å². The van der Waals surface area contributed by atoms with Crippen LogP contribution in [0.5, 0.6) is 23.0 Å². The second kappa shape index (κ2) is 16.6. The molecule has 2 aromatic carbocycles. The van der Waals surface area contributed by atoms with Gasteiger partial charge in [0.15, 0.2) is 29.3 Å². The molecule has 2 aromatic rings. The van der Waals surface area contributed by atoms with Gasteiger partial charge in [0.1, 0.15) is 24.4 Å². The summed E-state index contributed by atoms with van der Waals surface area (Å²) in [4.78, 5) is 26.3. The van der Waals surface area contributed by atoms with Gasteiger partial charge in [-0.25, -0.2) is 4.79 Å². The van der Waals surface area contributed by atoms with Crippen molar-refractivity contribution in [2.24, 2.45) is 5.92 Å². The molecule has 16 nitrogen and oxygen atoms in total. The number of aliphatic hydroxyl groups is 5. The van der Waals surface area contributed by atoms with Gasteiger partial charge in [-0.1, -0.05) is 18.2 Å². The number of hydrogen-bond donors (Lipinski definition) is 9. The highest BCUT2D eigenvalue weighted by atomic mass is 16.8. The van der Waals surface area contributed by atoms with Crippen molar-refractivity contribution in [3.8, 4) is 23.0 Å². The zero-order valence-electron chi connectivity index (χ0n) is 25.5. The number of phenols is 4. The highest BCUT2D eigenvalue weighted by Gasteiger charge is 2.47. The largest absolute Gasteiger partial charge is 0.504 e. The van der Waals surface area contributed by atoms with Crippen LogP contribution in [0.25, 0.3) is 0 Å². The molecule has 0 amide bonds. The van der Waals surface area contributed by atoms with E-state index in [9.17, 15) is 55.5 Å². The monoisotopic (exact) mass is 678 g/mol. The second-order valence-electron chi connectivity index (χ2n) is 11.0. The lowest BCUT2D eigenvalue weighted by atomic mass is 9.86. The zero-order valence-corrected chi connectivity index (χ0v) is 25.5. The van der Waals surface area contributed by atoms with E-state index < -0.39 is 74.5 Å². The molecule has 2 aliphatic heterocycles. The van der Waals surface area contributed by atoms with Crippen molar-refractivity contribution in [3.63, 3.8) is 0 Å². The average molecular weight is 679 g/mol. The molecule has 9 N–H and O–H groups in total. The second-order valence-corrected chi connectivity index (χ2v) is 11.0. The molecule has 0 saturated carbocycles. The maximum absolute atomic E-state index is 13.3. The predicted octanol–water partition coefficient (Wildman–Crippen LogP) is -0.638. The Hall–Kier alpha value is -4.42. The minimum Gasteiger partial charge on any atom is -0.504 e. The van der Waals surface area contributed by atoms with Crippen LogP contribution in [0.4, 0.5) is 0 Å². The van der Waals surface area contributed by atoms with Gasteiger partial charge in [0.05, 0.1) is 44.7 Å². The van der Waals surface area contributed by atoms with Gasteiger partial charge in [0, 0.05) is 24.3 Å². The maximum atomic E-state index is 13.3. The Morgan fingerprint density at radius 1 is 0.792 bits per heavy atom. The number of phenolic OH excluding ortho intramolecular Hbond substituents is 4. The number of hydrogen-bond acceptors (Lipinski definition) is 16. The van der Waals surface area contributed by atoms with Crippen molar-refractivity contribution in [1.29, 1.82) is 0 Å². The van der Waals surface area contributed by atoms with E-state index >= 15 is 0 Å². The number of rotatable bonds is 13. The molecular formula is C32H38O16. The third-order valence-corrected chi connectivity index (χ3v) is 7.77. The number of carbonyl (C=O) groups excluding carboxylic acids is 2. The van der Waals surface area contributed by atoms with Crippen molar-refractivity contribution in [2.75, 3.05) is 26.4 Å². The molecule has 0 spiro atoms. The van der Waals surface area contributed by atoms with Gasteiger partial charge in [-0.05, 0) is 35.4 Å². The van der Waals surface area contributed by atoms with Crippen LogP contribution in [0.3, 0.4) is 0 Å². The van der Waals surface area contributed by atoms with Crippen molar-refractivity contribution in [2.45, 2.75) is 56.3 Å². The first-order valence-electron chi connectivity index (χ1n) is 14.9. The summed E-state index contributed by atoms with van der Waals surface area (Å²) < 4.78 is 27.5. The molecule has 16 heteroatoms. The number of benzene rings is 2. The molecule has 0 aromatic heterocycles. The fraction of sp³-hybridized carbons (Fsp3) is 0.438. The highest BCUT2D eigenvalue weighted by Crippen LogP contribution is 2.36. The highest BCUT2D eigenvalue weighted by molar-refractivity contribution is 5.91. The Morgan fingerprint density at radius 3 is 1.96 bits per heavy atom. The summed E-state index contributed by atoms with van der Waals surface area (Å²) in [6, 6.07) is 8.21. The van der Waals surface area contributed by atoms with E-state index in [1.165, 1.54) is 42.5 Å². The number of ether oxygens (including phenoxy) is 5. The SMILES string of the molecule is O=C(CC1C(C(=O)OCCc2ccc(O)c(O)c2)=COC(OC2OC(CO)C(O)C(O)C2O)/C1=C\CO)OCCc1ccc(O)c(O)c1. The van der Waals surface area contributed by atoms with Crippen molar-refractivity contribution < 1.29 is 79.2 Å². The Kier molecular flexibility index (Phi) is 12.6. The van der Waals surface area contributed by atoms with Crippen molar-refractivity contribution in [1.82, 2.24) is 0 Å². The lowest BCUT2D eigenvalue weighted by Gasteiger charge is -2.42. The molecular weight excluding hydrogens is 640 g/mol. The minimum absolute atomic E-state index is 0.0211. The molecule has 0 aliphatic carbocycles. The number of carbonyl (C=O) groups is 2. The fourth-order valence-electron chi connectivity index (χ4n) is 5.12. The first-order valence-corrected chi connectivity index (χ1v) is 14.9. The summed E-state index contributed by atoms with van der Waals surface area (Å²) in [7, 11) is 0. The normalized spacial score (nSPS) is 26.4. The fourth-order valence-corrected chi connectivity index (χ4v) is 5.12. The summed E-state index contributed by atoms with van der Waals surface area (Å²) in [5, 5.41) is 88.6. The van der Waals surface area contributed by atoms with Gasteiger partial charge in [-0.2, -0.15) is 0 Å². The van der Waals surface area contributed by atoms with E-state index in [0.29, 0.717) is 11.1 Å². The molecule has 0 radical (unpaired) electrons. The molecule has 7 atom stereocenters. The van der Waals surface area contributed by atoms with Crippen LogP contribution in [-0.2, 0) is 46.1 Å². The van der Waals surface area contributed by atoms with E-state index in [-0.39, 0.29) is 60.2 Å². The van der Waals surface area contributed by atoms with Crippen LogP contribution in [0.15, 0.2) is 59.9 Å². The molecule has 4 rings (SSSR count). The summed E-state index contributed by atoms with van der Waals surface area (Å²) >= 11 is 0. The summed E-state index contributed by atoms with van der Waals surface area (Å²) in [5.74, 6) is -4.21. The summed E-state index contributed by atoms with van der Waals surface area (Å²) in [6.07, 6.45) is -7.71. The van der Waals surface area contributed by atoms with E-state index in [2.05, 4.69) is 0 Å². The molecule has 2 heterocycles. The molecule has 0 bridgehead atoms. The van der Waals surface area contributed by atoms with Crippen LogP contribution in [0.2, 0.25) is 0 Å². The molecule has 262 valence electrons. The number of aromatic hydroxyl groups is 4. The molecule has 2 aliphatic rings. The topological polar surface area (TPSA) is 262 Å². The Labute approximate surface area is 273 Å². The van der Waals surface area contributed by atoms with Crippen LogP contribution in [-0.4, -0.2) is 121 Å². The Morgan fingerprint density at radius 2 is 1.40 bits per heavy atom. The van der Waals surface area contributed by atoms with Gasteiger partial charge >= 0.3 is 11.9 Å². The number of aliphatic hydroxyl groups excluding tert-OH is 5. The van der Waals surface area contributed by atoms with Crippen molar-refractivity contribution >= 4 is 11.9 Å². The first kappa shape index (κ1) is 36.4. The molecule has 1 fully saturated rings. The Bertz CT molecular complexity index is 1490. The van der Waals surface area contributed by atoms with Gasteiger partial charge in [0.2, 0.25) is 6.29 Å². The molecule has 48 heavy (non-hydrogen) atoms. The van der Waals surface area contributed by atoms with Gasteiger partial charge in [-0.15, -0.1) is 0 Å². The standard InChI is InChI=1S/C32H38O16/c33-8-5-18-19(13-26(39)44-9-6-16-1-3-21(35)23(37)11-16)20(30(43)45-10-7-17-2-4-22(36)24(38)12-17)15-46-31(18)48-32-29(42)28(41)27(40)25(14-34)47-32/h1-5,11-12,15,19,25,27-29,31-38,40-42H,6-10,13-14H2/b18-5-. The number of esters is 2. The quantitative estimate of drug-likeness (QED) is 0.0725. The predicted molar refractivity (Wildman–Crippen MR) is 160 cm³/mol.